The van der Waals surface area contributed by atoms with E-state index >= 15 is 0 Å². The fourth-order valence-corrected chi connectivity index (χ4v) is 10.4. The fourth-order valence-electron chi connectivity index (χ4n) is 10.4. The number of carbonyl (C=O) groups excluding carboxylic acids is 3. The van der Waals surface area contributed by atoms with E-state index in [9.17, 15) is 14.4 Å². The maximum Gasteiger partial charge on any atom is 0.306 e. The lowest BCUT2D eigenvalue weighted by Crippen LogP contribution is -2.30. The summed E-state index contributed by atoms with van der Waals surface area (Å²) in [6.45, 7) is 6.52. The second kappa shape index (κ2) is 70.1. The van der Waals surface area contributed by atoms with Crippen molar-refractivity contribution in [3.63, 3.8) is 0 Å². The zero-order valence-corrected chi connectivity index (χ0v) is 54.5. The van der Waals surface area contributed by atoms with Crippen LogP contribution >= 0.6 is 0 Å². The predicted molar refractivity (Wildman–Crippen MR) is 358 cm³/mol. The van der Waals surface area contributed by atoms with Crippen LogP contribution in [0.25, 0.3) is 0 Å². The van der Waals surface area contributed by atoms with Crippen molar-refractivity contribution in [1.82, 2.24) is 0 Å². The van der Waals surface area contributed by atoms with E-state index in [2.05, 4.69) is 99.8 Å². The van der Waals surface area contributed by atoms with Crippen LogP contribution in [0, 0.1) is 0 Å². The summed E-state index contributed by atoms with van der Waals surface area (Å²) in [5.74, 6) is -0.967. The van der Waals surface area contributed by atoms with E-state index in [1.807, 2.05) is 6.08 Å². The summed E-state index contributed by atoms with van der Waals surface area (Å²) in [5, 5.41) is 0. The Balaban J connectivity index is 4.36. The van der Waals surface area contributed by atoms with Gasteiger partial charge in [0.25, 0.3) is 0 Å². The van der Waals surface area contributed by atoms with Gasteiger partial charge in [-0.2, -0.15) is 0 Å². The van der Waals surface area contributed by atoms with Crippen LogP contribution in [0.2, 0.25) is 0 Å². The minimum absolute atomic E-state index is 0.103. The van der Waals surface area contributed by atoms with Crippen LogP contribution in [0.15, 0.2) is 85.1 Å². The summed E-state index contributed by atoms with van der Waals surface area (Å²) >= 11 is 0. The highest BCUT2D eigenvalue weighted by Gasteiger charge is 2.19. The lowest BCUT2D eigenvalue weighted by molar-refractivity contribution is -0.166. The average molecular weight is 1140 g/mol. The van der Waals surface area contributed by atoms with Crippen molar-refractivity contribution >= 4 is 17.9 Å². The van der Waals surface area contributed by atoms with Crippen LogP contribution in [0.4, 0.5) is 0 Å². The molecular formula is C76H134O6. The first-order valence-corrected chi connectivity index (χ1v) is 35.6. The molecule has 0 rings (SSSR count). The zero-order chi connectivity index (χ0) is 59.2. The van der Waals surface area contributed by atoms with Gasteiger partial charge in [0.15, 0.2) is 6.10 Å². The molecule has 6 nitrogen and oxygen atoms in total. The second-order valence-corrected chi connectivity index (χ2v) is 23.8. The third-order valence-corrected chi connectivity index (χ3v) is 15.6. The number of rotatable bonds is 65. The Hall–Kier alpha value is -3.41. The van der Waals surface area contributed by atoms with Gasteiger partial charge in [-0.25, -0.2) is 0 Å². The van der Waals surface area contributed by atoms with Gasteiger partial charge in [-0.05, 0) is 83.5 Å². The molecule has 82 heavy (non-hydrogen) atoms. The Labute approximate surface area is 509 Å². The number of ether oxygens (including phenoxy) is 3. The van der Waals surface area contributed by atoms with Crippen LogP contribution in [0.5, 0.6) is 0 Å². The minimum Gasteiger partial charge on any atom is -0.462 e. The molecule has 1 atom stereocenters. The van der Waals surface area contributed by atoms with Gasteiger partial charge in [0.05, 0.1) is 0 Å². The van der Waals surface area contributed by atoms with Gasteiger partial charge in [0, 0.05) is 19.3 Å². The molecule has 0 heterocycles. The van der Waals surface area contributed by atoms with E-state index in [0.717, 1.165) is 77.0 Å². The molecular weight excluding hydrogens is 1010 g/mol. The van der Waals surface area contributed by atoms with Gasteiger partial charge in [-0.15, -0.1) is 0 Å². The third-order valence-electron chi connectivity index (χ3n) is 15.6. The Kier molecular flexibility index (Phi) is 67.2. The Morgan fingerprint density at radius 1 is 0.256 bits per heavy atom. The van der Waals surface area contributed by atoms with Gasteiger partial charge in [-0.1, -0.05) is 343 Å². The molecule has 0 radical (unpaired) electrons. The van der Waals surface area contributed by atoms with Gasteiger partial charge in [0.1, 0.15) is 13.2 Å². The molecule has 0 aromatic heterocycles. The molecule has 0 bridgehead atoms. The quantitative estimate of drug-likeness (QED) is 0.0261. The minimum atomic E-state index is -0.817. The molecule has 0 aromatic rings. The van der Waals surface area contributed by atoms with Crippen LogP contribution < -0.4 is 0 Å². The topological polar surface area (TPSA) is 78.9 Å². The third kappa shape index (κ3) is 67.4. The summed E-state index contributed by atoms with van der Waals surface area (Å²) < 4.78 is 16.9. The molecule has 0 aliphatic heterocycles. The largest absolute Gasteiger partial charge is 0.462 e. The van der Waals surface area contributed by atoms with E-state index in [4.69, 9.17) is 14.2 Å². The van der Waals surface area contributed by atoms with Crippen molar-refractivity contribution in [2.24, 2.45) is 0 Å². The predicted octanol–water partition coefficient (Wildman–Crippen LogP) is 24.6. The van der Waals surface area contributed by atoms with E-state index in [0.29, 0.717) is 19.3 Å². The number of hydrogen-bond acceptors (Lipinski definition) is 6. The Bertz CT molecular complexity index is 1550. The molecule has 0 aromatic carbocycles. The SMILES string of the molecule is CC/C=C\C/C=C\C/C=C\C/C=C\C/C=C\C/C=C\CCC(=O)OC(COC(=O)CCCCCCCCCCCCCCCCC/C=C\CCCCCCCCCC)COC(=O)CCCCCCCCCCCCCCCCCCCC. The molecule has 0 aliphatic rings. The first kappa shape index (κ1) is 78.6. The van der Waals surface area contributed by atoms with E-state index in [-0.39, 0.29) is 37.5 Å². The molecule has 1 unspecified atom stereocenters. The summed E-state index contributed by atoms with van der Waals surface area (Å²) in [5.41, 5.74) is 0. The summed E-state index contributed by atoms with van der Waals surface area (Å²) in [4.78, 5) is 38.4. The molecule has 0 N–H and O–H groups in total. The average Bonchev–Trinajstić information content (AvgIpc) is 3.47. The summed E-state index contributed by atoms with van der Waals surface area (Å²) in [6.07, 6.45) is 93.4. The second-order valence-electron chi connectivity index (χ2n) is 23.8. The fraction of sp³-hybridized carbons (Fsp3) is 0.776. The van der Waals surface area contributed by atoms with Crippen molar-refractivity contribution in [2.75, 3.05) is 13.2 Å². The lowest BCUT2D eigenvalue weighted by atomic mass is 10.0. The van der Waals surface area contributed by atoms with E-state index in [1.54, 1.807) is 0 Å². The molecule has 474 valence electrons. The molecule has 0 aliphatic carbocycles. The van der Waals surface area contributed by atoms with Crippen molar-refractivity contribution in [3.8, 4) is 0 Å². The van der Waals surface area contributed by atoms with E-state index < -0.39 is 6.10 Å². The molecule has 0 saturated heterocycles. The first-order chi connectivity index (χ1) is 40.5. The molecule has 0 saturated carbocycles. The highest BCUT2D eigenvalue weighted by Crippen LogP contribution is 2.18. The maximum atomic E-state index is 12.9. The number of esters is 3. The lowest BCUT2D eigenvalue weighted by Gasteiger charge is -2.18. The number of unbranched alkanes of at least 4 members (excludes halogenated alkanes) is 40. The smallest absolute Gasteiger partial charge is 0.306 e. The zero-order valence-electron chi connectivity index (χ0n) is 54.5. The van der Waals surface area contributed by atoms with Crippen LogP contribution in [-0.4, -0.2) is 37.2 Å². The van der Waals surface area contributed by atoms with Crippen molar-refractivity contribution in [3.05, 3.63) is 85.1 Å². The van der Waals surface area contributed by atoms with Gasteiger partial charge >= 0.3 is 17.9 Å². The molecule has 0 fully saturated rings. The maximum absolute atomic E-state index is 12.9. The van der Waals surface area contributed by atoms with Crippen LogP contribution in [0.1, 0.15) is 361 Å². The normalized spacial score (nSPS) is 12.6. The van der Waals surface area contributed by atoms with Gasteiger partial charge < -0.3 is 14.2 Å². The molecule has 0 spiro atoms. The number of allylic oxidation sites excluding steroid dienone is 14. The molecule has 6 heteroatoms. The van der Waals surface area contributed by atoms with Crippen LogP contribution in [0.3, 0.4) is 0 Å². The highest BCUT2D eigenvalue weighted by atomic mass is 16.6. The van der Waals surface area contributed by atoms with E-state index in [1.165, 1.54) is 238 Å². The Morgan fingerprint density at radius 3 is 0.793 bits per heavy atom. The monoisotopic (exact) mass is 1140 g/mol. The highest BCUT2D eigenvalue weighted by molar-refractivity contribution is 5.71. The molecule has 0 amide bonds. The van der Waals surface area contributed by atoms with Crippen molar-refractivity contribution in [1.29, 1.82) is 0 Å². The van der Waals surface area contributed by atoms with Crippen LogP contribution in [-0.2, 0) is 28.6 Å². The Morgan fingerprint density at radius 2 is 0.500 bits per heavy atom. The first-order valence-electron chi connectivity index (χ1n) is 35.6. The number of hydrogen-bond donors (Lipinski definition) is 0. The summed E-state index contributed by atoms with van der Waals surface area (Å²) in [6, 6.07) is 0. The standard InChI is InChI=1S/C76H134O6/c1-4-7-10-13-16-19-22-25-28-31-34-35-36-37-38-39-40-41-43-45-48-51-54-57-60-63-66-69-75(78)81-72-73(71-80-74(77)68-65-62-59-56-53-50-47-44-33-30-27-24-21-18-15-12-9-6-3)82-76(79)70-67-64-61-58-55-52-49-46-42-32-29-26-23-20-17-14-11-8-5-2/h8,11,17,20,26,29,31,34,42,46,52,55,61,64,73H,4-7,9-10,12-16,18-19,21-25,27-28,30,32-33,35-41,43-45,47-51,53-54,56-60,62-63,65-72H2,1-3H3/b11-8-,20-17-,29-26-,34-31-,46-42-,55-52-,64-61-. The van der Waals surface area contributed by atoms with Crippen molar-refractivity contribution in [2.45, 2.75) is 367 Å². The number of carbonyl (C=O) groups is 3. The summed E-state index contributed by atoms with van der Waals surface area (Å²) in [7, 11) is 0. The van der Waals surface area contributed by atoms with Gasteiger partial charge in [-0.3, -0.25) is 14.4 Å². The van der Waals surface area contributed by atoms with Crippen molar-refractivity contribution < 1.29 is 28.6 Å². The van der Waals surface area contributed by atoms with Gasteiger partial charge in [0.2, 0.25) is 0 Å².